The van der Waals surface area contributed by atoms with Crippen molar-refractivity contribution < 1.29 is 19.4 Å². The largest absolute Gasteiger partial charge is 0.493 e. The number of methoxy groups -OCH3 is 1. The van der Waals surface area contributed by atoms with Gasteiger partial charge in [0.1, 0.15) is 0 Å². The highest BCUT2D eigenvalue weighted by molar-refractivity contribution is 5.66. The van der Waals surface area contributed by atoms with Crippen LogP contribution in [0, 0.1) is 0 Å². The van der Waals surface area contributed by atoms with Crippen LogP contribution < -0.4 is 14.4 Å². The molecule has 2 fully saturated rings. The van der Waals surface area contributed by atoms with E-state index in [-0.39, 0.29) is 18.6 Å². The molecule has 2 aromatic carbocycles. The van der Waals surface area contributed by atoms with Gasteiger partial charge in [-0.1, -0.05) is 30.3 Å². The van der Waals surface area contributed by atoms with E-state index in [2.05, 4.69) is 46.2 Å². The molecule has 1 N–H and O–H groups in total. The summed E-state index contributed by atoms with van der Waals surface area (Å²) in [6.07, 6.45) is 6.02. The molecule has 2 aliphatic rings. The Kier molecular flexibility index (Phi) is 7.53. The van der Waals surface area contributed by atoms with Gasteiger partial charge in [-0.25, -0.2) is 0 Å². The average Bonchev–Trinajstić information content (AvgIpc) is 3.32. The highest BCUT2D eigenvalue weighted by Gasteiger charge is 2.28. The maximum atomic E-state index is 11.2. The lowest BCUT2D eigenvalue weighted by atomic mass is 10.0. The monoisotopic (exact) mass is 438 g/mol. The third-order valence-electron chi connectivity index (χ3n) is 6.64. The molecule has 1 heterocycles. The van der Waals surface area contributed by atoms with Crippen LogP contribution in [0.5, 0.6) is 11.5 Å². The quantitative estimate of drug-likeness (QED) is 0.632. The Morgan fingerprint density at radius 1 is 1.06 bits per heavy atom. The summed E-state index contributed by atoms with van der Waals surface area (Å²) in [5, 5.41) is 9.18. The van der Waals surface area contributed by atoms with Gasteiger partial charge in [0.05, 0.1) is 19.6 Å². The summed E-state index contributed by atoms with van der Waals surface area (Å²) in [5.74, 6) is 0.862. The zero-order valence-corrected chi connectivity index (χ0v) is 18.9. The number of ether oxygens (including phenoxy) is 2. The van der Waals surface area contributed by atoms with Crippen LogP contribution in [0.3, 0.4) is 0 Å². The Labute approximate surface area is 190 Å². The van der Waals surface area contributed by atoms with E-state index in [4.69, 9.17) is 9.47 Å². The van der Waals surface area contributed by atoms with Gasteiger partial charge in [0, 0.05) is 44.0 Å². The number of anilines is 1. The van der Waals surface area contributed by atoms with Crippen LogP contribution in [-0.2, 0) is 11.2 Å². The second-order valence-corrected chi connectivity index (χ2v) is 8.83. The number of hydrogen-bond acceptors (Lipinski definition) is 5. The normalized spacial score (nSPS) is 19.8. The number of hydrogen-bond donors (Lipinski definition) is 1. The van der Waals surface area contributed by atoms with E-state index in [9.17, 15) is 9.90 Å². The molecule has 1 atom stereocenters. The lowest BCUT2D eigenvalue weighted by Crippen LogP contribution is -2.54. The van der Waals surface area contributed by atoms with Crippen molar-refractivity contribution in [2.75, 3.05) is 38.2 Å². The minimum Gasteiger partial charge on any atom is -0.493 e. The minimum atomic E-state index is -0.741. The minimum absolute atomic E-state index is 0.174. The van der Waals surface area contributed by atoms with Crippen molar-refractivity contribution in [1.82, 2.24) is 4.90 Å². The Balaban J connectivity index is 1.51. The van der Waals surface area contributed by atoms with Crippen molar-refractivity contribution in [2.24, 2.45) is 0 Å². The molecule has 0 aromatic heterocycles. The van der Waals surface area contributed by atoms with Crippen molar-refractivity contribution in [3.05, 3.63) is 54.1 Å². The van der Waals surface area contributed by atoms with Gasteiger partial charge >= 0.3 is 5.97 Å². The molecular formula is C26H34N2O4. The Hall–Kier alpha value is -2.73. The van der Waals surface area contributed by atoms with Crippen LogP contribution in [0.1, 0.15) is 37.7 Å². The van der Waals surface area contributed by atoms with E-state index >= 15 is 0 Å². The van der Waals surface area contributed by atoms with Gasteiger partial charge in [-0.15, -0.1) is 0 Å². The van der Waals surface area contributed by atoms with Crippen molar-refractivity contribution >= 4 is 11.7 Å². The molecule has 0 amide bonds. The first-order valence-corrected chi connectivity index (χ1v) is 11.7. The number of benzene rings is 2. The third-order valence-corrected chi connectivity index (χ3v) is 6.64. The van der Waals surface area contributed by atoms with Gasteiger partial charge in [-0.3, -0.25) is 9.69 Å². The molecule has 6 nitrogen and oxygen atoms in total. The summed E-state index contributed by atoms with van der Waals surface area (Å²) in [4.78, 5) is 15.9. The molecule has 0 spiro atoms. The number of aliphatic carboxylic acids is 1. The molecule has 1 saturated heterocycles. The van der Waals surface area contributed by atoms with E-state index < -0.39 is 5.97 Å². The van der Waals surface area contributed by atoms with E-state index in [1.165, 1.54) is 18.4 Å². The Morgan fingerprint density at radius 3 is 2.56 bits per heavy atom. The van der Waals surface area contributed by atoms with E-state index in [0.29, 0.717) is 6.54 Å². The molecule has 4 rings (SSSR count). The highest BCUT2D eigenvalue weighted by Crippen LogP contribution is 2.35. The lowest BCUT2D eigenvalue weighted by Gasteiger charge is -2.42. The molecule has 1 saturated carbocycles. The summed E-state index contributed by atoms with van der Waals surface area (Å²) >= 11 is 0. The van der Waals surface area contributed by atoms with Crippen LogP contribution >= 0.6 is 0 Å². The zero-order valence-electron chi connectivity index (χ0n) is 18.9. The van der Waals surface area contributed by atoms with E-state index in [0.717, 1.165) is 56.1 Å². The first-order chi connectivity index (χ1) is 15.6. The molecule has 2 aromatic rings. The van der Waals surface area contributed by atoms with E-state index in [1.54, 1.807) is 7.11 Å². The van der Waals surface area contributed by atoms with Crippen LogP contribution in [0.4, 0.5) is 5.69 Å². The van der Waals surface area contributed by atoms with Crippen LogP contribution in [0.25, 0.3) is 0 Å². The van der Waals surface area contributed by atoms with E-state index in [1.807, 2.05) is 12.1 Å². The molecule has 0 bridgehead atoms. The summed E-state index contributed by atoms with van der Waals surface area (Å²) in [7, 11) is 1.69. The SMILES string of the molecule is COc1ccc(N2CCN(CCC(=O)O)C(Cc3ccccc3)C2)cc1OC1CCCC1. The molecule has 1 unspecified atom stereocenters. The van der Waals surface area contributed by atoms with Gasteiger partial charge in [0.15, 0.2) is 11.5 Å². The van der Waals surface area contributed by atoms with Gasteiger partial charge < -0.3 is 19.5 Å². The highest BCUT2D eigenvalue weighted by atomic mass is 16.5. The number of carboxylic acid groups (broad SMARTS) is 1. The first kappa shape index (κ1) is 22.5. The second kappa shape index (κ2) is 10.7. The molecule has 6 heteroatoms. The number of nitrogens with zero attached hydrogens (tertiary/aromatic N) is 2. The van der Waals surface area contributed by atoms with Crippen molar-refractivity contribution in [2.45, 2.75) is 50.7 Å². The molecule has 32 heavy (non-hydrogen) atoms. The van der Waals surface area contributed by atoms with Crippen LogP contribution in [-0.4, -0.2) is 61.4 Å². The lowest BCUT2D eigenvalue weighted by molar-refractivity contribution is -0.137. The van der Waals surface area contributed by atoms with Crippen molar-refractivity contribution in [3.8, 4) is 11.5 Å². The maximum absolute atomic E-state index is 11.2. The molecule has 172 valence electrons. The molecule has 1 aliphatic carbocycles. The van der Waals surface area contributed by atoms with Gasteiger partial charge in [0.25, 0.3) is 0 Å². The second-order valence-electron chi connectivity index (χ2n) is 8.83. The van der Waals surface area contributed by atoms with Gasteiger partial charge in [-0.2, -0.15) is 0 Å². The van der Waals surface area contributed by atoms with Crippen LogP contribution in [0.2, 0.25) is 0 Å². The van der Waals surface area contributed by atoms with Crippen molar-refractivity contribution in [3.63, 3.8) is 0 Å². The smallest absolute Gasteiger partial charge is 0.304 e. The number of carbonyl (C=O) groups is 1. The fraction of sp³-hybridized carbons (Fsp3) is 0.500. The average molecular weight is 439 g/mol. The fourth-order valence-corrected chi connectivity index (χ4v) is 4.88. The van der Waals surface area contributed by atoms with Crippen LogP contribution in [0.15, 0.2) is 48.5 Å². The number of rotatable bonds is 9. The third kappa shape index (κ3) is 5.74. The Morgan fingerprint density at radius 2 is 1.84 bits per heavy atom. The summed E-state index contributed by atoms with van der Waals surface area (Å²) in [5.41, 5.74) is 2.41. The Bertz CT molecular complexity index is 883. The van der Waals surface area contributed by atoms with Gasteiger partial charge in [-0.05, 0) is 49.8 Å². The number of piperazine rings is 1. The summed E-state index contributed by atoms with van der Waals surface area (Å²) in [6, 6.07) is 16.9. The summed E-state index contributed by atoms with van der Waals surface area (Å²) in [6.45, 7) is 3.14. The predicted molar refractivity (Wildman–Crippen MR) is 126 cm³/mol. The first-order valence-electron chi connectivity index (χ1n) is 11.7. The number of carboxylic acids is 1. The van der Waals surface area contributed by atoms with Gasteiger partial charge in [0.2, 0.25) is 0 Å². The fourth-order valence-electron chi connectivity index (χ4n) is 4.88. The molecule has 0 radical (unpaired) electrons. The summed E-state index contributed by atoms with van der Waals surface area (Å²) < 4.78 is 11.9. The standard InChI is InChI=1S/C26H34N2O4/c1-31-24-12-11-21(18-25(24)32-23-9-5-6-10-23)28-16-15-27(14-13-26(29)30)22(19-28)17-20-7-3-2-4-8-20/h2-4,7-8,11-12,18,22-23H,5-6,9-10,13-17,19H2,1H3,(H,29,30). The molecular weight excluding hydrogens is 404 g/mol. The molecule has 1 aliphatic heterocycles. The topological polar surface area (TPSA) is 62.2 Å². The zero-order chi connectivity index (χ0) is 22.3. The predicted octanol–water partition coefficient (Wildman–Crippen LogP) is 4.22. The maximum Gasteiger partial charge on any atom is 0.304 e. The van der Waals surface area contributed by atoms with Crippen molar-refractivity contribution in [1.29, 1.82) is 0 Å².